The molecule has 0 heterocycles. The highest BCUT2D eigenvalue weighted by Crippen LogP contribution is 1.93. The SMILES string of the molecule is C=CCNCC#Cc1ccccc1. The van der Waals surface area contributed by atoms with Crippen molar-refractivity contribution in [1.82, 2.24) is 5.32 Å². The lowest BCUT2D eigenvalue weighted by molar-refractivity contribution is 0.858. The summed E-state index contributed by atoms with van der Waals surface area (Å²) in [6.07, 6.45) is 1.82. The first kappa shape index (κ1) is 9.57. The Labute approximate surface area is 79.5 Å². The van der Waals surface area contributed by atoms with Crippen LogP contribution in [0.3, 0.4) is 0 Å². The van der Waals surface area contributed by atoms with Crippen molar-refractivity contribution in [2.75, 3.05) is 13.1 Å². The van der Waals surface area contributed by atoms with Crippen molar-refractivity contribution < 1.29 is 0 Å². The third-order valence-corrected chi connectivity index (χ3v) is 1.51. The van der Waals surface area contributed by atoms with E-state index in [-0.39, 0.29) is 0 Å². The molecule has 1 nitrogen and oxygen atoms in total. The lowest BCUT2D eigenvalue weighted by atomic mass is 10.2. The van der Waals surface area contributed by atoms with E-state index in [2.05, 4.69) is 23.7 Å². The van der Waals surface area contributed by atoms with Gasteiger partial charge in [0.05, 0.1) is 6.54 Å². The van der Waals surface area contributed by atoms with Gasteiger partial charge in [-0.1, -0.05) is 36.1 Å². The van der Waals surface area contributed by atoms with E-state index >= 15 is 0 Å². The largest absolute Gasteiger partial charge is 0.303 e. The molecular formula is C12H13N. The second kappa shape index (κ2) is 6.05. The van der Waals surface area contributed by atoms with E-state index in [0.29, 0.717) is 6.54 Å². The molecule has 0 aromatic heterocycles. The molecule has 0 atom stereocenters. The Morgan fingerprint density at radius 2 is 2.08 bits per heavy atom. The zero-order valence-corrected chi connectivity index (χ0v) is 7.59. The molecule has 0 saturated carbocycles. The van der Waals surface area contributed by atoms with Crippen LogP contribution in [0.5, 0.6) is 0 Å². The highest BCUT2D eigenvalue weighted by molar-refractivity contribution is 5.33. The van der Waals surface area contributed by atoms with Crippen molar-refractivity contribution in [2.45, 2.75) is 0 Å². The molecule has 0 aliphatic carbocycles. The van der Waals surface area contributed by atoms with E-state index in [9.17, 15) is 0 Å². The van der Waals surface area contributed by atoms with Gasteiger partial charge in [0.25, 0.3) is 0 Å². The normalized spacial score (nSPS) is 8.62. The molecule has 0 saturated heterocycles. The third-order valence-electron chi connectivity index (χ3n) is 1.51. The highest BCUT2D eigenvalue weighted by Gasteiger charge is 1.80. The van der Waals surface area contributed by atoms with Gasteiger partial charge in [0, 0.05) is 12.1 Å². The molecule has 0 amide bonds. The van der Waals surface area contributed by atoms with Crippen LogP contribution < -0.4 is 5.32 Å². The van der Waals surface area contributed by atoms with Gasteiger partial charge >= 0.3 is 0 Å². The number of rotatable bonds is 3. The van der Waals surface area contributed by atoms with Crippen molar-refractivity contribution >= 4 is 0 Å². The maximum atomic E-state index is 3.61. The Hall–Kier alpha value is -1.52. The monoisotopic (exact) mass is 171 g/mol. The Bertz CT molecular complexity index is 303. The summed E-state index contributed by atoms with van der Waals surface area (Å²) in [6.45, 7) is 5.12. The molecule has 0 radical (unpaired) electrons. The predicted molar refractivity (Wildman–Crippen MR) is 56.4 cm³/mol. The van der Waals surface area contributed by atoms with Gasteiger partial charge in [0.15, 0.2) is 0 Å². The average molecular weight is 171 g/mol. The van der Waals surface area contributed by atoms with Gasteiger partial charge in [-0.05, 0) is 12.1 Å². The first-order valence-corrected chi connectivity index (χ1v) is 4.29. The average Bonchev–Trinajstić information content (AvgIpc) is 2.19. The van der Waals surface area contributed by atoms with E-state index < -0.39 is 0 Å². The molecule has 0 spiro atoms. The maximum absolute atomic E-state index is 3.61. The Morgan fingerprint density at radius 3 is 2.77 bits per heavy atom. The second-order valence-corrected chi connectivity index (χ2v) is 2.59. The second-order valence-electron chi connectivity index (χ2n) is 2.59. The van der Waals surface area contributed by atoms with Gasteiger partial charge < -0.3 is 5.32 Å². The fourth-order valence-corrected chi connectivity index (χ4v) is 0.904. The van der Waals surface area contributed by atoms with E-state index in [4.69, 9.17) is 0 Å². The smallest absolute Gasteiger partial charge is 0.0582 e. The minimum Gasteiger partial charge on any atom is -0.303 e. The molecule has 13 heavy (non-hydrogen) atoms. The number of hydrogen-bond acceptors (Lipinski definition) is 1. The van der Waals surface area contributed by atoms with Gasteiger partial charge in [-0.3, -0.25) is 0 Å². The van der Waals surface area contributed by atoms with Crippen molar-refractivity contribution in [3.63, 3.8) is 0 Å². The highest BCUT2D eigenvalue weighted by atomic mass is 14.8. The van der Waals surface area contributed by atoms with Crippen molar-refractivity contribution in [2.24, 2.45) is 0 Å². The Kier molecular flexibility index (Phi) is 4.45. The molecule has 0 unspecified atom stereocenters. The van der Waals surface area contributed by atoms with Gasteiger partial charge in [-0.2, -0.15) is 0 Å². The topological polar surface area (TPSA) is 12.0 Å². The fraction of sp³-hybridized carbons (Fsp3) is 0.167. The fourth-order valence-electron chi connectivity index (χ4n) is 0.904. The summed E-state index contributed by atoms with van der Waals surface area (Å²) >= 11 is 0. The Balaban J connectivity index is 2.35. The van der Waals surface area contributed by atoms with Crippen LogP contribution in [0.1, 0.15) is 5.56 Å². The zero-order chi connectivity index (χ0) is 9.36. The lowest BCUT2D eigenvalue weighted by Crippen LogP contribution is -2.12. The van der Waals surface area contributed by atoms with Gasteiger partial charge in [0.2, 0.25) is 0 Å². The minimum atomic E-state index is 0.709. The molecular weight excluding hydrogens is 158 g/mol. The zero-order valence-electron chi connectivity index (χ0n) is 7.59. The summed E-state index contributed by atoms with van der Waals surface area (Å²) in [4.78, 5) is 0. The summed E-state index contributed by atoms with van der Waals surface area (Å²) in [5, 5.41) is 3.11. The first-order valence-electron chi connectivity index (χ1n) is 4.29. The molecule has 1 aromatic carbocycles. The van der Waals surface area contributed by atoms with E-state index in [1.165, 1.54) is 0 Å². The van der Waals surface area contributed by atoms with Crippen molar-refractivity contribution in [1.29, 1.82) is 0 Å². The Morgan fingerprint density at radius 1 is 1.31 bits per heavy atom. The molecule has 1 N–H and O–H groups in total. The summed E-state index contributed by atoms with van der Waals surface area (Å²) in [5.41, 5.74) is 1.06. The van der Waals surface area contributed by atoms with Crippen LogP contribution in [0.2, 0.25) is 0 Å². The molecule has 66 valence electrons. The van der Waals surface area contributed by atoms with E-state index in [1.54, 1.807) is 0 Å². The quantitative estimate of drug-likeness (QED) is 0.415. The summed E-state index contributed by atoms with van der Waals surface area (Å²) in [5.74, 6) is 6.08. The van der Waals surface area contributed by atoms with Crippen LogP contribution in [-0.2, 0) is 0 Å². The molecule has 0 bridgehead atoms. The van der Waals surface area contributed by atoms with Gasteiger partial charge in [-0.25, -0.2) is 0 Å². The number of nitrogens with one attached hydrogen (secondary N) is 1. The van der Waals surface area contributed by atoms with Gasteiger partial charge in [-0.15, -0.1) is 6.58 Å². The molecule has 0 aliphatic rings. The lowest BCUT2D eigenvalue weighted by Gasteiger charge is -1.90. The van der Waals surface area contributed by atoms with Crippen LogP contribution >= 0.6 is 0 Å². The van der Waals surface area contributed by atoms with Crippen molar-refractivity contribution in [3.05, 3.63) is 48.6 Å². The van der Waals surface area contributed by atoms with E-state index in [0.717, 1.165) is 12.1 Å². The summed E-state index contributed by atoms with van der Waals surface area (Å²) < 4.78 is 0. The molecule has 0 fully saturated rings. The summed E-state index contributed by atoms with van der Waals surface area (Å²) in [7, 11) is 0. The summed E-state index contributed by atoms with van der Waals surface area (Å²) in [6, 6.07) is 9.96. The molecule has 1 heteroatoms. The van der Waals surface area contributed by atoms with Gasteiger partial charge in [0.1, 0.15) is 0 Å². The first-order chi connectivity index (χ1) is 6.43. The van der Waals surface area contributed by atoms with Crippen LogP contribution in [0, 0.1) is 11.8 Å². The van der Waals surface area contributed by atoms with Crippen LogP contribution in [0.15, 0.2) is 43.0 Å². The van der Waals surface area contributed by atoms with Crippen LogP contribution in [0.4, 0.5) is 0 Å². The molecule has 1 rings (SSSR count). The van der Waals surface area contributed by atoms with Crippen LogP contribution in [-0.4, -0.2) is 13.1 Å². The van der Waals surface area contributed by atoms with E-state index in [1.807, 2.05) is 36.4 Å². The molecule has 0 aliphatic heterocycles. The predicted octanol–water partition coefficient (Wildman–Crippen LogP) is 1.81. The van der Waals surface area contributed by atoms with Crippen LogP contribution in [0.25, 0.3) is 0 Å². The maximum Gasteiger partial charge on any atom is 0.0582 e. The standard InChI is InChI=1S/C12H13N/c1-2-10-13-11-6-9-12-7-4-3-5-8-12/h2-5,7-8,13H,1,10-11H2. The van der Waals surface area contributed by atoms with Crippen molar-refractivity contribution in [3.8, 4) is 11.8 Å². The minimum absolute atomic E-state index is 0.709. The third kappa shape index (κ3) is 4.15. The molecule has 1 aromatic rings. The number of benzene rings is 1. The number of hydrogen-bond donors (Lipinski definition) is 1.